The van der Waals surface area contributed by atoms with E-state index in [9.17, 15) is 4.79 Å². The molecular weight excluding hydrogens is 192 g/mol. The van der Waals surface area contributed by atoms with Crippen LogP contribution in [0.5, 0.6) is 0 Å². The van der Waals surface area contributed by atoms with E-state index < -0.39 is 12.1 Å². The van der Waals surface area contributed by atoms with Gasteiger partial charge in [0, 0.05) is 11.8 Å². The van der Waals surface area contributed by atoms with Crippen LogP contribution >= 0.6 is 11.6 Å². The molecule has 2 rings (SSSR count). The topological polar surface area (TPSA) is 62.0 Å². The number of hydrogen-bond acceptors (Lipinski definition) is 3. The fraction of sp³-hybridized carbons (Fsp3) is 0.125. The lowest BCUT2D eigenvalue weighted by atomic mass is 10.1. The van der Waals surface area contributed by atoms with Crippen molar-refractivity contribution in [3.05, 3.63) is 22.8 Å². The van der Waals surface area contributed by atoms with Crippen molar-refractivity contribution in [3.63, 3.8) is 0 Å². The first-order valence-corrected chi connectivity index (χ1v) is 3.97. The maximum absolute atomic E-state index is 10.5. The summed E-state index contributed by atoms with van der Waals surface area (Å²) < 4.78 is 0. The van der Waals surface area contributed by atoms with Crippen LogP contribution in [-0.4, -0.2) is 29.2 Å². The molecule has 0 amide bonds. The average molecular weight is 197 g/mol. The minimum absolute atomic E-state index is 0.0276. The molecule has 0 bridgehead atoms. The molecule has 0 unspecified atom stereocenters. The summed E-state index contributed by atoms with van der Waals surface area (Å²) >= 11 is 5.68. The number of aliphatic imine (C=N–C) groups is 2. The number of halogens is 1. The van der Waals surface area contributed by atoms with Crippen LogP contribution in [0.1, 0.15) is 0 Å². The highest BCUT2D eigenvalue weighted by Crippen LogP contribution is 2.23. The predicted molar refractivity (Wildman–Crippen MR) is 49.4 cm³/mol. The van der Waals surface area contributed by atoms with Crippen molar-refractivity contribution < 1.29 is 9.90 Å². The molecule has 0 saturated carbocycles. The second kappa shape index (κ2) is 2.81. The Balaban J connectivity index is 2.36. The van der Waals surface area contributed by atoms with Crippen LogP contribution in [0.3, 0.4) is 0 Å². The zero-order valence-electron chi connectivity index (χ0n) is 6.44. The lowest BCUT2D eigenvalue weighted by Crippen LogP contribution is -2.08. The average Bonchev–Trinajstić information content (AvgIpc) is 2.46. The van der Waals surface area contributed by atoms with Crippen LogP contribution < -0.4 is 0 Å². The van der Waals surface area contributed by atoms with Crippen LogP contribution in [0.2, 0.25) is 0 Å². The van der Waals surface area contributed by atoms with Gasteiger partial charge in [0.1, 0.15) is 5.71 Å². The fourth-order valence-corrected chi connectivity index (χ4v) is 1.35. The van der Waals surface area contributed by atoms with Crippen LogP contribution in [0.4, 0.5) is 0 Å². The van der Waals surface area contributed by atoms with Gasteiger partial charge >= 0.3 is 5.97 Å². The monoisotopic (exact) mass is 196 g/mol. The molecule has 1 atom stereocenters. The molecule has 0 aromatic rings. The smallest absolute Gasteiger partial charge is 0.354 e. The highest BCUT2D eigenvalue weighted by Gasteiger charge is 2.23. The second-order valence-electron chi connectivity index (χ2n) is 2.64. The van der Waals surface area contributed by atoms with Gasteiger partial charge in [-0.2, -0.15) is 0 Å². The van der Waals surface area contributed by atoms with Crippen molar-refractivity contribution in [2.24, 2.45) is 9.98 Å². The zero-order chi connectivity index (χ0) is 9.42. The third kappa shape index (κ3) is 1.40. The first-order valence-electron chi connectivity index (χ1n) is 3.60. The fourth-order valence-electron chi connectivity index (χ4n) is 1.17. The number of fused-ring (bicyclic) bond motifs is 1. The minimum atomic E-state index is -1.04. The van der Waals surface area contributed by atoms with E-state index in [0.717, 1.165) is 5.57 Å². The highest BCUT2D eigenvalue weighted by molar-refractivity contribution is 6.42. The maximum atomic E-state index is 10.5. The van der Waals surface area contributed by atoms with Gasteiger partial charge in [0.15, 0.2) is 6.17 Å². The van der Waals surface area contributed by atoms with Gasteiger partial charge in [-0.15, -0.1) is 0 Å². The third-order valence-corrected chi connectivity index (χ3v) is 1.93. The molecule has 2 aliphatic rings. The molecule has 0 spiro atoms. The highest BCUT2D eigenvalue weighted by atomic mass is 35.5. The number of hydrogen-bond donors (Lipinski definition) is 1. The molecule has 2 aliphatic heterocycles. The molecule has 5 heteroatoms. The van der Waals surface area contributed by atoms with Crippen LogP contribution in [0.25, 0.3) is 0 Å². The number of dihydropyridines is 1. The Hall–Kier alpha value is -1.42. The number of carbonyl (C=O) groups is 1. The minimum Gasteiger partial charge on any atom is -0.477 e. The lowest BCUT2D eigenvalue weighted by molar-refractivity contribution is -0.129. The number of aliphatic carboxylic acids is 1. The summed E-state index contributed by atoms with van der Waals surface area (Å²) in [5.41, 5.74) is 0.754. The Kier molecular flexibility index (Phi) is 1.77. The molecule has 1 N–H and O–H groups in total. The number of rotatable bonds is 1. The van der Waals surface area contributed by atoms with Gasteiger partial charge in [-0.25, -0.2) is 9.79 Å². The summed E-state index contributed by atoms with van der Waals surface area (Å²) in [4.78, 5) is 18.4. The van der Waals surface area contributed by atoms with Crippen LogP contribution in [-0.2, 0) is 4.79 Å². The van der Waals surface area contributed by atoms with Crippen molar-refractivity contribution in [2.75, 3.05) is 0 Å². The quantitative estimate of drug-likeness (QED) is 0.680. The van der Waals surface area contributed by atoms with Gasteiger partial charge < -0.3 is 5.11 Å². The van der Waals surface area contributed by atoms with Gasteiger partial charge in [-0.3, -0.25) is 4.99 Å². The normalized spacial score (nSPS) is 24.7. The predicted octanol–water partition coefficient (Wildman–Crippen LogP) is 0.985. The zero-order valence-corrected chi connectivity index (χ0v) is 7.19. The number of carboxylic acid groups (broad SMARTS) is 1. The Labute approximate surface area is 79.0 Å². The van der Waals surface area contributed by atoms with Crippen LogP contribution in [0, 0.1) is 0 Å². The molecule has 2 heterocycles. The van der Waals surface area contributed by atoms with Crippen molar-refractivity contribution in [1.82, 2.24) is 0 Å². The van der Waals surface area contributed by atoms with Crippen LogP contribution in [0.15, 0.2) is 32.7 Å². The van der Waals surface area contributed by atoms with Gasteiger partial charge in [0.05, 0.1) is 5.03 Å². The Morgan fingerprint density at radius 1 is 1.54 bits per heavy atom. The van der Waals surface area contributed by atoms with E-state index in [2.05, 4.69) is 9.98 Å². The maximum Gasteiger partial charge on any atom is 0.354 e. The standard InChI is InChI=1S/C8H5ClN2O2/c9-5-1-4-2-6(8(12)13)11-7(4)10-3-5/h1-3,7H,(H,12,13)/t7-/m1/s1. The molecule has 4 nitrogen and oxygen atoms in total. The Morgan fingerprint density at radius 2 is 2.31 bits per heavy atom. The molecule has 0 fully saturated rings. The lowest BCUT2D eigenvalue weighted by Gasteiger charge is -2.07. The summed E-state index contributed by atoms with van der Waals surface area (Å²) in [6, 6.07) is 0. The molecule has 13 heavy (non-hydrogen) atoms. The molecule has 66 valence electrons. The largest absolute Gasteiger partial charge is 0.477 e. The molecule has 0 radical (unpaired) electrons. The van der Waals surface area contributed by atoms with E-state index >= 15 is 0 Å². The van der Waals surface area contributed by atoms with E-state index in [1.54, 1.807) is 6.08 Å². The summed E-state index contributed by atoms with van der Waals surface area (Å²) in [7, 11) is 0. The first-order chi connectivity index (χ1) is 6.16. The molecule has 0 aromatic carbocycles. The molecule has 0 aliphatic carbocycles. The molecular formula is C8H5ClN2O2. The van der Waals surface area contributed by atoms with E-state index in [1.165, 1.54) is 12.3 Å². The summed E-state index contributed by atoms with van der Waals surface area (Å²) in [5, 5.41) is 9.14. The second-order valence-corrected chi connectivity index (χ2v) is 3.08. The van der Waals surface area contributed by atoms with Gasteiger partial charge in [0.2, 0.25) is 0 Å². The Morgan fingerprint density at radius 3 is 3.00 bits per heavy atom. The van der Waals surface area contributed by atoms with E-state index in [1.807, 2.05) is 0 Å². The first kappa shape index (κ1) is 8.19. The van der Waals surface area contributed by atoms with Crippen molar-refractivity contribution >= 4 is 29.5 Å². The summed E-state index contributed by atoms with van der Waals surface area (Å²) in [5.74, 6) is -1.04. The van der Waals surface area contributed by atoms with Crippen molar-refractivity contribution in [2.45, 2.75) is 6.17 Å². The van der Waals surface area contributed by atoms with E-state index in [0.29, 0.717) is 5.03 Å². The molecule has 0 saturated heterocycles. The van der Waals surface area contributed by atoms with Crippen molar-refractivity contribution in [3.8, 4) is 0 Å². The SMILES string of the molecule is O=C(O)C1=N[C@H]2N=CC(Cl)=CC2=C1. The van der Waals surface area contributed by atoms with Crippen molar-refractivity contribution in [1.29, 1.82) is 0 Å². The van der Waals surface area contributed by atoms with Gasteiger partial charge in [-0.1, -0.05) is 11.6 Å². The van der Waals surface area contributed by atoms with E-state index in [-0.39, 0.29) is 5.71 Å². The summed E-state index contributed by atoms with van der Waals surface area (Å²) in [6.45, 7) is 0. The number of carboxylic acids is 1. The Bertz CT molecular complexity index is 393. The number of allylic oxidation sites excluding steroid dienone is 1. The van der Waals surface area contributed by atoms with Gasteiger partial charge in [0.25, 0.3) is 0 Å². The molecule has 0 aromatic heterocycles. The number of nitrogens with zero attached hydrogens (tertiary/aromatic N) is 2. The summed E-state index contributed by atoms with van der Waals surface area (Å²) in [6.07, 6.45) is 4.20. The van der Waals surface area contributed by atoms with E-state index in [4.69, 9.17) is 16.7 Å². The van der Waals surface area contributed by atoms with Gasteiger partial charge in [-0.05, 0) is 12.2 Å². The third-order valence-electron chi connectivity index (χ3n) is 1.73.